The SMILES string of the molecule is NC(=O)N(c1ccccc1)c1cccc(F)c1. The van der Waals surface area contributed by atoms with Crippen LogP contribution >= 0.6 is 0 Å². The van der Waals surface area contributed by atoms with Crippen LogP contribution in [0.4, 0.5) is 20.6 Å². The number of amides is 2. The summed E-state index contributed by atoms with van der Waals surface area (Å²) in [4.78, 5) is 12.7. The molecule has 17 heavy (non-hydrogen) atoms. The van der Waals surface area contributed by atoms with Gasteiger partial charge in [-0.05, 0) is 30.3 Å². The number of primary amides is 1. The molecule has 0 radical (unpaired) electrons. The van der Waals surface area contributed by atoms with E-state index in [-0.39, 0.29) is 0 Å². The fraction of sp³-hybridized carbons (Fsp3) is 0. The van der Waals surface area contributed by atoms with Crippen molar-refractivity contribution in [3.05, 3.63) is 60.4 Å². The van der Waals surface area contributed by atoms with E-state index in [1.165, 1.54) is 23.1 Å². The molecule has 0 aliphatic carbocycles. The van der Waals surface area contributed by atoms with Crippen LogP contribution in [0.25, 0.3) is 0 Å². The topological polar surface area (TPSA) is 46.3 Å². The van der Waals surface area contributed by atoms with Crippen LogP contribution in [-0.4, -0.2) is 6.03 Å². The Labute approximate surface area is 98.3 Å². The average Bonchev–Trinajstić information content (AvgIpc) is 2.30. The van der Waals surface area contributed by atoms with E-state index in [9.17, 15) is 9.18 Å². The fourth-order valence-electron chi connectivity index (χ4n) is 1.60. The first-order chi connectivity index (χ1) is 8.18. The quantitative estimate of drug-likeness (QED) is 0.846. The number of hydrogen-bond acceptors (Lipinski definition) is 1. The lowest BCUT2D eigenvalue weighted by Crippen LogP contribution is -2.31. The van der Waals surface area contributed by atoms with Crippen molar-refractivity contribution in [1.82, 2.24) is 0 Å². The number of carbonyl (C=O) groups is 1. The van der Waals surface area contributed by atoms with Crippen LogP contribution in [0.5, 0.6) is 0 Å². The molecule has 0 bridgehead atoms. The van der Waals surface area contributed by atoms with Crippen LogP contribution in [0.2, 0.25) is 0 Å². The second-order valence-corrected chi connectivity index (χ2v) is 3.49. The molecule has 0 saturated heterocycles. The first-order valence-electron chi connectivity index (χ1n) is 5.08. The highest BCUT2D eigenvalue weighted by Crippen LogP contribution is 2.25. The summed E-state index contributed by atoms with van der Waals surface area (Å²) in [6.45, 7) is 0. The van der Waals surface area contributed by atoms with Gasteiger partial charge in [-0.25, -0.2) is 9.18 Å². The minimum Gasteiger partial charge on any atom is -0.351 e. The van der Waals surface area contributed by atoms with Gasteiger partial charge < -0.3 is 5.73 Å². The van der Waals surface area contributed by atoms with Gasteiger partial charge in [0.15, 0.2) is 0 Å². The molecule has 0 atom stereocenters. The van der Waals surface area contributed by atoms with Crippen LogP contribution in [0.15, 0.2) is 54.6 Å². The van der Waals surface area contributed by atoms with Gasteiger partial charge in [0.25, 0.3) is 0 Å². The molecule has 86 valence electrons. The van der Waals surface area contributed by atoms with E-state index in [2.05, 4.69) is 0 Å². The van der Waals surface area contributed by atoms with Gasteiger partial charge in [-0.1, -0.05) is 24.3 Å². The Hall–Kier alpha value is -2.36. The van der Waals surface area contributed by atoms with Gasteiger partial charge in [0.2, 0.25) is 0 Å². The minimum absolute atomic E-state index is 0.406. The molecule has 0 heterocycles. The third-order valence-corrected chi connectivity index (χ3v) is 2.30. The number of rotatable bonds is 2. The second-order valence-electron chi connectivity index (χ2n) is 3.49. The van der Waals surface area contributed by atoms with Crippen LogP contribution in [0, 0.1) is 5.82 Å². The first-order valence-corrected chi connectivity index (χ1v) is 5.08. The second kappa shape index (κ2) is 4.65. The molecule has 0 aliphatic rings. The molecule has 0 fully saturated rings. The van der Waals surface area contributed by atoms with Crippen molar-refractivity contribution in [2.24, 2.45) is 5.73 Å². The zero-order valence-corrected chi connectivity index (χ0v) is 9.01. The third-order valence-electron chi connectivity index (χ3n) is 2.30. The Balaban J connectivity index is 2.47. The molecule has 4 heteroatoms. The molecule has 2 aromatic carbocycles. The Morgan fingerprint density at radius 1 is 1.00 bits per heavy atom. The predicted molar refractivity (Wildman–Crippen MR) is 64.6 cm³/mol. The molecular formula is C13H11FN2O. The summed E-state index contributed by atoms with van der Waals surface area (Å²) in [5.41, 5.74) is 6.32. The molecule has 2 amide bonds. The van der Waals surface area contributed by atoms with E-state index in [0.717, 1.165) is 0 Å². The first kappa shape index (κ1) is 11.1. The Kier molecular flexibility index (Phi) is 3.05. The van der Waals surface area contributed by atoms with E-state index >= 15 is 0 Å². The molecule has 0 saturated carbocycles. The van der Waals surface area contributed by atoms with Gasteiger partial charge in [-0.2, -0.15) is 0 Å². The Bertz CT molecular complexity index is 528. The summed E-state index contributed by atoms with van der Waals surface area (Å²) in [5, 5.41) is 0. The van der Waals surface area contributed by atoms with Crippen molar-refractivity contribution in [3.8, 4) is 0 Å². The fourth-order valence-corrected chi connectivity index (χ4v) is 1.60. The van der Waals surface area contributed by atoms with Crippen molar-refractivity contribution in [2.75, 3.05) is 4.90 Å². The van der Waals surface area contributed by atoms with Gasteiger partial charge in [-0.3, -0.25) is 4.90 Å². The minimum atomic E-state index is -0.651. The lowest BCUT2D eigenvalue weighted by Gasteiger charge is -2.20. The molecule has 3 nitrogen and oxygen atoms in total. The van der Waals surface area contributed by atoms with Gasteiger partial charge in [0.1, 0.15) is 5.82 Å². The maximum absolute atomic E-state index is 13.1. The number of halogens is 1. The summed E-state index contributed by atoms with van der Waals surface area (Å²) in [6.07, 6.45) is 0. The van der Waals surface area contributed by atoms with E-state index in [4.69, 9.17) is 5.73 Å². The number of hydrogen-bond donors (Lipinski definition) is 1. The van der Waals surface area contributed by atoms with Gasteiger partial charge in [-0.15, -0.1) is 0 Å². The summed E-state index contributed by atoms with van der Waals surface area (Å²) < 4.78 is 13.1. The number of carbonyl (C=O) groups excluding carboxylic acids is 1. The van der Waals surface area contributed by atoms with Crippen molar-refractivity contribution in [2.45, 2.75) is 0 Å². The molecule has 0 unspecified atom stereocenters. The highest BCUT2D eigenvalue weighted by Gasteiger charge is 2.14. The molecule has 0 spiro atoms. The lowest BCUT2D eigenvalue weighted by atomic mass is 10.2. The normalized spacial score (nSPS) is 9.94. The molecule has 2 aromatic rings. The molecule has 2 N–H and O–H groups in total. The number of benzene rings is 2. The van der Waals surface area contributed by atoms with Gasteiger partial charge in [0, 0.05) is 0 Å². The maximum Gasteiger partial charge on any atom is 0.323 e. The van der Waals surface area contributed by atoms with Crippen molar-refractivity contribution >= 4 is 17.4 Å². The van der Waals surface area contributed by atoms with E-state index in [0.29, 0.717) is 11.4 Å². The monoisotopic (exact) mass is 230 g/mol. The lowest BCUT2D eigenvalue weighted by molar-refractivity contribution is 0.256. The van der Waals surface area contributed by atoms with Gasteiger partial charge in [0.05, 0.1) is 11.4 Å². The van der Waals surface area contributed by atoms with Crippen LogP contribution < -0.4 is 10.6 Å². The van der Waals surface area contributed by atoms with Crippen molar-refractivity contribution < 1.29 is 9.18 Å². The van der Waals surface area contributed by atoms with Crippen LogP contribution in [0.1, 0.15) is 0 Å². The Morgan fingerprint density at radius 2 is 1.65 bits per heavy atom. The Morgan fingerprint density at radius 3 is 2.24 bits per heavy atom. The van der Waals surface area contributed by atoms with Crippen molar-refractivity contribution in [3.63, 3.8) is 0 Å². The number of anilines is 2. The van der Waals surface area contributed by atoms with Crippen LogP contribution in [-0.2, 0) is 0 Å². The summed E-state index contributed by atoms with van der Waals surface area (Å²) in [7, 11) is 0. The molecule has 0 aliphatic heterocycles. The highest BCUT2D eigenvalue weighted by molar-refractivity contribution is 5.98. The molecule has 2 rings (SSSR count). The van der Waals surface area contributed by atoms with E-state index in [1.807, 2.05) is 6.07 Å². The van der Waals surface area contributed by atoms with Gasteiger partial charge >= 0.3 is 6.03 Å². The number of para-hydroxylation sites is 1. The number of nitrogens with zero attached hydrogens (tertiary/aromatic N) is 1. The van der Waals surface area contributed by atoms with E-state index in [1.54, 1.807) is 30.3 Å². The highest BCUT2D eigenvalue weighted by atomic mass is 19.1. The number of nitrogens with two attached hydrogens (primary N) is 1. The van der Waals surface area contributed by atoms with Crippen molar-refractivity contribution in [1.29, 1.82) is 0 Å². The predicted octanol–water partition coefficient (Wildman–Crippen LogP) is 3.04. The smallest absolute Gasteiger partial charge is 0.323 e. The molecule has 0 aromatic heterocycles. The zero-order valence-electron chi connectivity index (χ0n) is 9.01. The molecular weight excluding hydrogens is 219 g/mol. The number of urea groups is 1. The maximum atomic E-state index is 13.1. The standard InChI is InChI=1S/C13H11FN2O/c14-10-5-4-8-12(9-10)16(13(15)17)11-6-2-1-3-7-11/h1-9H,(H2,15,17). The summed E-state index contributed by atoms with van der Waals surface area (Å²) in [5.74, 6) is -0.412. The zero-order chi connectivity index (χ0) is 12.3. The average molecular weight is 230 g/mol. The third kappa shape index (κ3) is 2.42. The summed E-state index contributed by atoms with van der Waals surface area (Å²) >= 11 is 0. The summed E-state index contributed by atoms with van der Waals surface area (Å²) in [6, 6.07) is 13.9. The largest absolute Gasteiger partial charge is 0.351 e. The van der Waals surface area contributed by atoms with E-state index < -0.39 is 11.8 Å². The van der Waals surface area contributed by atoms with Crippen LogP contribution in [0.3, 0.4) is 0 Å².